The Morgan fingerprint density at radius 3 is 2.29 bits per heavy atom. The third-order valence-electron chi connectivity index (χ3n) is 4.86. The molecule has 4 aromatic rings. The van der Waals surface area contributed by atoms with E-state index in [1.807, 2.05) is 36.4 Å². The number of pyridine rings is 2. The zero-order chi connectivity index (χ0) is 19.7. The molecule has 138 valence electrons. The SMILES string of the molecule is CC(C(=O)c1c(O)c2cccnc2n(-c2ccccc2)c1=O)c1ccccc1. The number of ketones is 1. The van der Waals surface area contributed by atoms with Crippen LogP contribution in [-0.4, -0.2) is 20.4 Å². The summed E-state index contributed by atoms with van der Waals surface area (Å²) in [7, 11) is 0. The Hall–Kier alpha value is -3.73. The molecule has 5 heteroatoms. The lowest BCUT2D eigenvalue weighted by Crippen LogP contribution is -2.28. The molecule has 0 amide bonds. The van der Waals surface area contributed by atoms with Crippen LogP contribution in [0.2, 0.25) is 0 Å². The van der Waals surface area contributed by atoms with Gasteiger partial charge in [0.15, 0.2) is 11.4 Å². The van der Waals surface area contributed by atoms with Crippen molar-refractivity contribution in [2.75, 3.05) is 0 Å². The van der Waals surface area contributed by atoms with Crippen molar-refractivity contribution < 1.29 is 9.90 Å². The highest BCUT2D eigenvalue weighted by Crippen LogP contribution is 2.30. The molecule has 0 aliphatic rings. The highest BCUT2D eigenvalue weighted by atomic mass is 16.3. The van der Waals surface area contributed by atoms with Gasteiger partial charge in [-0.1, -0.05) is 55.5 Å². The monoisotopic (exact) mass is 370 g/mol. The summed E-state index contributed by atoms with van der Waals surface area (Å²) >= 11 is 0. The normalized spacial score (nSPS) is 12.0. The van der Waals surface area contributed by atoms with E-state index in [1.54, 1.807) is 49.5 Å². The van der Waals surface area contributed by atoms with Gasteiger partial charge >= 0.3 is 0 Å². The average Bonchev–Trinajstić information content (AvgIpc) is 2.74. The maximum atomic E-state index is 13.3. The van der Waals surface area contributed by atoms with Crippen molar-refractivity contribution >= 4 is 16.8 Å². The Kier molecular flexibility index (Phi) is 4.49. The van der Waals surface area contributed by atoms with E-state index in [2.05, 4.69) is 4.98 Å². The lowest BCUT2D eigenvalue weighted by atomic mass is 9.92. The average molecular weight is 370 g/mol. The van der Waals surface area contributed by atoms with Gasteiger partial charge in [0.05, 0.1) is 11.1 Å². The second kappa shape index (κ2) is 7.12. The van der Waals surface area contributed by atoms with E-state index in [0.29, 0.717) is 16.7 Å². The number of aromatic hydroxyl groups is 1. The molecule has 2 heterocycles. The highest BCUT2D eigenvalue weighted by Gasteiger charge is 2.27. The fourth-order valence-electron chi connectivity index (χ4n) is 3.35. The molecule has 1 N–H and O–H groups in total. The zero-order valence-corrected chi connectivity index (χ0v) is 15.2. The molecule has 0 radical (unpaired) electrons. The summed E-state index contributed by atoms with van der Waals surface area (Å²) < 4.78 is 1.38. The number of para-hydroxylation sites is 1. The fraction of sp³-hybridized carbons (Fsp3) is 0.0870. The van der Waals surface area contributed by atoms with Gasteiger partial charge in [-0.3, -0.25) is 14.2 Å². The first-order chi connectivity index (χ1) is 13.6. The van der Waals surface area contributed by atoms with E-state index in [9.17, 15) is 14.7 Å². The lowest BCUT2D eigenvalue weighted by Gasteiger charge is -2.16. The summed E-state index contributed by atoms with van der Waals surface area (Å²) in [6.07, 6.45) is 1.55. The molecule has 28 heavy (non-hydrogen) atoms. The molecule has 0 saturated carbocycles. The number of fused-ring (bicyclic) bond motifs is 1. The summed E-state index contributed by atoms with van der Waals surface area (Å²) in [5, 5.41) is 11.1. The van der Waals surface area contributed by atoms with Crippen molar-refractivity contribution in [1.29, 1.82) is 0 Å². The van der Waals surface area contributed by atoms with Crippen molar-refractivity contribution in [3.05, 3.63) is 100 Å². The van der Waals surface area contributed by atoms with Crippen molar-refractivity contribution in [2.45, 2.75) is 12.8 Å². The van der Waals surface area contributed by atoms with Crippen LogP contribution in [0.3, 0.4) is 0 Å². The third-order valence-corrected chi connectivity index (χ3v) is 4.86. The predicted molar refractivity (Wildman–Crippen MR) is 108 cm³/mol. The van der Waals surface area contributed by atoms with Crippen LogP contribution in [0.25, 0.3) is 16.7 Å². The van der Waals surface area contributed by atoms with E-state index in [0.717, 1.165) is 5.56 Å². The first kappa shape index (κ1) is 17.7. The minimum Gasteiger partial charge on any atom is -0.506 e. The van der Waals surface area contributed by atoms with Gasteiger partial charge in [-0.05, 0) is 29.8 Å². The summed E-state index contributed by atoms with van der Waals surface area (Å²) in [6.45, 7) is 1.73. The van der Waals surface area contributed by atoms with Crippen LogP contribution in [-0.2, 0) is 0 Å². The van der Waals surface area contributed by atoms with Gasteiger partial charge in [0, 0.05) is 12.1 Å². The molecule has 0 saturated heterocycles. The molecule has 0 aliphatic heterocycles. The van der Waals surface area contributed by atoms with Crippen LogP contribution >= 0.6 is 0 Å². The quantitative estimate of drug-likeness (QED) is 0.550. The van der Waals surface area contributed by atoms with Crippen LogP contribution in [0, 0.1) is 0 Å². The van der Waals surface area contributed by atoms with Gasteiger partial charge in [-0.2, -0.15) is 0 Å². The van der Waals surface area contributed by atoms with Crippen molar-refractivity contribution in [3.63, 3.8) is 0 Å². The number of carbonyl (C=O) groups excluding carboxylic acids is 1. The standard InChI is InChI=1S/C23H18N2O3/c1-15(16-9-4-2-5-10-16)20(26)19-21(27)18-13-8-14-24-22(18)25(23(19)28)17-11-6-3-7-12-17/h2-15,27H,1H3. The van der Waals surface area contributed by atoms with Crippen LogP contribution in [0.5, 0.6) is 5.75 Å². The summed E-state index contributed by atoms with van der Waals surface area (Å²) in [6, 6.07) is 21.5. The smallest absolute Gasteiger partial charge is 0.271 e. The Morgan fingerprint density at radius 1 is 0.964 bits per heavy atom. The van der Waals surface area contributed by atoms with Gasteiger partial charge in [-0.15, -0.1) is 0 Å². The molecular weight excluding hydrogens is 352 g/mol. The second-order valence-corrected chi connectivity index (χ2v) is 6.57. The maximum Gasteiger partial charge on any atom is 0.271 e. The van der Waals surface area contributed by atoms with E-state index >= 15 is 0 Å². The molecule has 1 atom stereocenters. The zero-order valence-electron chi connectivity index (χ0n) is 15.2. The number of Topliss-reactive ketones (excluding diaryl/α,β-unsaturated/α-hetero) is 1. The van der Waals surface area contributed by atoms with Gasteiger partial charge in [0.25, 0.3) is 5.56 Å². The topological polar surface area (TPSA) is 72.2 Å². The number of rotatable bonds is 4. The van der Waals surface area contributed by atoms with Crippen molar-refractivity contribution in [2.24, 2.45) is 0 Å². The van der Waals surface area contributed by atoms with Crippen LogP contribution in [0.15, 0.2) is 83.8 Å². The molecular formula is C23H18N2O3. The molecule has 5 nitrogen and oxygen atoms in total. The number of nitrogens with zero attached hydrogens (tertiary/aromatic N) is 2. The maximum absolute atomic E-state index is 13.3. The molecule has 2 aromatic carbocycles. The van der Waals surface area contributed by atoms with Crippen LogP contribution in [0.4, 0.5) is 0 Å². The molecule has 4 rings (SSSR count). The number of hydrogen-bond donors (Lipinski definition) is 1. The first-order valence-corrected chi connectivity index (χ1v) is 8.97. The summed E-state index contributed by atoms with van der Waals surface area (Å²) in [5.41, 5.74) is 0.866. The van der Waals surface area contributed by atoms with E-state index in [-0.39, 0.29) is 11.3 Å². The molecule has 1 unspecified atom stereocenters. The third kappa shape index (κ3) is 2.87. The van der Waals surface area contributed by atoms with Gasteiger partial charge in [-0.25, -0.2) is 4.98 Å². The number of aromatic nitrogens is 2. The largest absolute Gasteiger partial charge is 0.506 e. The van der Waals surface area contributed by atoms with E-state index in [4.69, 9.17) is 0 Å². The molecule has 0 aliphatic carbocycles. The van der Waals surface area contributed by atoms with E-state index in [1.165, 1.54) is 4.57 Å². The number of hydrogen-bond acceptors (Lipinski definition) is 4. The van der Waals surface area contributed by atoms with Crippen LogP contribution in [0.1, 0.15) is 28.8 Å². The Labute approximate surface area is 161 Å². The van der Waals surface area contributed by atoms with Gasteiger partial charge in [0.1, 0.15) is 11.3 Å². The molecule has 2 aromatic heterocycles. The van der Waals surface area contributed by atoms with Crippen LogP contribution < -0.4 is 5.56 Å². The summed E-state index contributed by atoms with van der Waals surface area (Å²) in [5.74, 6) is -1.32. The highest BCUT2D eigenvalue weighted by molar-refractivity contribution is 6.06. The fourth-order valence-corrected chi connectivity index (χ4v) is 3.35. The van der Waals surface area contributed by atoms with E-state index < -0.39 is 17.3 Å². The predicted octanol–water partition coefficient (Wildman–Crippen LogP) is 4.08. The Bertz CT molecular complexity index is 1220. The Balaban J connectivity index is 2.00. The second-order valence-electron chi connectivity index (χ2n) is 6.57. The van der Waals surface area contributed by atoms with Crippen molar-refractivity contribution in [1.82, 2.24) is 9.55 Å². The minimum absolute atomic E-state index is 0.222. The van der Waals surface area contributed by atoms with Gasteiger partial charge < -0.3 is 5.11 Å². The Morgan fingerprint density at radius 2 is 1.61 bits per heavy atom. The minimum atomic E-state index is -0.581. The lowest BCUT2D eigenvalue weighted by molar-refractivity contribution is 0.0962. The molecule has 0 bridgehead atoms. The van der Waals surface area contributed by atoms with Gasteiger partial charge in [0.2, 0.25) is 0 Å². The molecule has 0 fully saturated rings. The number of carbonyl (C=O) groups is 1. The summed E-state index contributed by atoms with van der Waals surface area (Å²) in [4.78, 5) is 30.8. The first-order valence-electron chi connectivity index (χ1n) is 8.97. The molecule has 0 spiro atoms. The van der Waals surface area contributed by atoms with Crippen molar-refractivity contribution in [3.8, 4) is 11.4 Å². The number of benzene rings is 2.